The summed E-state index contributed by atoms with van der Waals surface area (Å²) in [5.41, 5.74) is 11.0. The fourth-order valence-corrected chi connectivity index (χ4v) is 4.88. The molecule has 2 N–H and O–H groups in total. The summed E-state index contributed by atoms with van der Waals surface area (Å²) < 4.78 is 0. The summed E-state index contributed by atoms with van der Waals surface area (Å²) >= 11 is 3.94. The maximum absolute atomic E-state index is 5.97. The Morgan fingerprint density at radius 2 is 1.32 bits per heavy atom. The summed E-state index contributed by atoms with van der Waals surface area (Å²) in [6.45, 7) is 8.41. The number of hydrogen-bond donors (Lipinski definition) is 1. The summed E-state index contributed by atoms with van der Waals surface area (Å²) in [4.78, 5) is 0. The molecule has 0 saturated heterocycles. The van der Waals surface area contributed by atoms with Crippen molar-refractivity contribution in [2.45, 2.75) is 11.5 Å². The van der Waals surface area contributed by atoms with Gasteiger partial charge in [-0.15, -0.1) is 0 Å². The van der Waals surface area contributed by atoms with E-state index >= 15 is 0 Å². The molecule has 0 unspecified atom stereocenters. The van der Waals surface area contributed by atoms with Crippen molar-refractivity contribution >= 4 is 35.7 Å². The molecule has 0 atom stereocenters. The van der Waals surface area contributed by atoms with Crippen LogP contribution in [0.5, 0.6) is 0 Å². The van der Waals surface area contributed by atoms with E-state index in [-0.39, 0.29) is 0 Å². The molecule has 2 aromatic rings. The summed E-state index contributed by atoms with van der Waals surface area (Å²) in [6.07, 6.45) is 3.80. The van der Waals surface area contributed by atoms with Crippen molar-refractivity contribution in [1.82, 2.24) is 0 Å². The van der Waals surface area contributed by atoms with Crippen molar-refractivity contribution in [3.63, 3.8) is 0 Å². The average molecular weight is 370 g/mol. The Morgan fingerprint density at radius 3 is 1.72 bits per heavy atom. The van der Waals surface area contributed by atoms with Crippen LogP contribution in [0.15, 0.2) is 61.7 Å². The SMILES string of the molecule is C=Cc1cccc(CSCC(CN)CSCc2cccc(C=C)c2)c1. The quantitative estimate of drug-likeness (QED) is 0.549. The molecule has 0 bridgehead atoms. The van der Waals surface area contributed by atoms with Crippen LogP contribution in [0.4, 0.5) is 0 Å². The zero-order chi connectivity index (χ0) is 17.9. The van der Waals surface area contributed by atoms with Gasteiger partial charge in [-0.2, -0.15) is 23.5 Å². The molecule has 0 amide bonds. The van der Waals surface area contributed by atoms with Gasteiger partial charge in [-0.3, -0.25) is 0 Å². The Kier molecular flexibility index (Phi) is 8.95. The highest BCUT2D eigenvalue weighted by atomic mass is 32.2. The van der Waals surface area contributed by atoms with Crippen LogP contribution in [0, 0.1) is 5.92 Å². The van der Waals surface area contributed by atoms with Crippen LogP contribution in [-0.2, 0) is 11.5 Å². The summed E-state index contributed by atoms with van der Waals surface area (Å²) in [6, 6.07) is 17.1. The number of nitrogens with two attached hydrogens (primary N) is 1. The zero-order valence-corrected chi connectivity index (χ0v) is 16.3. The first kappa shape index (κ1) is 19.9. The van der Waals surface area contributed by atoms with Crippen molar-refractivity contribution < 1.29 is 0 Å². The average Bonchev–Trinajstić information content (AvgIpc) is 2.67. The third-order valence-corrected chi connectivity index (χ3v) is 6.44. The number of thioether (sulfide) groups is 2. The molecule has 0 saturated carbocycles. The highest BCUT2D eigenvalue weighted by Gasteiger charge is 2.08. The van der Waals surface area contributed by atoms with Gasteiger partial charge in [0.05, 0.1) is 0 Å². The second-order valence-corrected chi connectivity index (χ2v) is 8.09. The number of benzene rings is 2. The smallest absolute Gasteiger partial charge is 0.0184 e. The van der Waals surface area contributed by atoms with Gasteiger partial charge in [0.2, 0.25) is 0 Å². The molecule has 0 aliphatic heterocycles. The van der Waals surface area contributed by atoms with Crippen molar-refractivity contribution in [3.05, 3.63) is 83.9 Å². The highest BCUT2D eigenvalue weighted by Crippen LogP contribution is 2.21. The van der Waals surface area contributed by atoms with E-state index in [4.69, 9.17) is 5.73 Å². The van der Waals surface area contributed by atoms with Crippen molar-refractivity contribution in [3.8, 4) is 0 Å². The lowest BCUT2D eigenvalue weighted by Gasteiger charge is -2.14. The lowest BCUT2D eigenvalue weighted by atomic mass is 10.1. The molecule has 25 heavy (non-hydrogen) atoms. The van der Waals surface area contributed by atoms with Gasteiger partial charge in [0.25, 0.3) is 0 Å². The maximum atomic E-state index is 5.97. The summed E-state index contributed by atoms with van der Waals surface area (Å²) in [5.74, 6) is 4.83. The Morgan fingerprint density at radius 1 is 0.840 bits per heavy atom. The molecule has 0 aliphatic rings. The molecule has 0 heterocycles. The van der Waals surface area contributed by atoms with E-state index in [1.807, 2.05) is 35.7 Å². The van der Waals surface area contributed by atoms with Gasteiger partial charge >= 0.3 is 0 Å². The van der Waals surface area contributed by atoms with E-state index in [1.165, 1.54) is 22.3 Å². The van der Waals surface area contributed by atoms with Gasteiger partial charge in [0.1, 0.15) is 0 Å². The standard InChI is InChI=1S/C22H27NS2/c1-3-18-7-5-9-20(11-18)14-24-16-22(13-23)17-25-15-21-10-6-8-19(4-2)12-21/h3-12,22H,1-2,13-17,23H2. The molecule has 0 aromatic heterocycles. The molecular formula is C22H27NS2. The number of rotatable bonds is 11. The third-order valence-electron chi connectivity index (χ3n) is 3.95. The van der Waals surface area contributed by atoms with Gasteiger partial charge in [0.15, 0.2) is 0 Å². The van der Waals surface area contributed by atoms with Crippen LogP contribution in [-0.4, -0.2) is 18.1 Å². The van der Waals surface area contributed by atoms with Crippen molar-refractivity contribution in [2.24, 2.45) is 11.7 Å². The first-order chi connectivity index (χ1) is 12.2. The maximum Gasteiger partial charge on any atom is 0.0184 e. The molecule has 3 heteroatoms. The van der Waals surface area contributed by atoms with E-state index in [9.17, 15) is 0 Å². The molecule has 0 radical (unpaired) electrons. The first-order valence-corrected chi connectivity index (χ1v) is 10.8. The molecule has 0 fully saturated rings. The molecule has 0 spiro atoms. The van der Waals surface area contributed by atoms with Crippen LogP contribution in [0.25, 0.3) is 12.2 Å². The fourth-order valence-electron chi connectivity index (χ4n) is 2.49. The van der Waals surface area contributed by atoms with Crippen molar-refractivity contribution in [1.29, 1.82) is 0 Å². The third kappa shape index (κ3) is 7.15. The van der Waals surface area contributed by atoms with Crippen LogP contribution in [0.1, 0.15) is 22.3 Å². The molecule has 2 aromatic carbocycles. The van der Waals surface area contributed by atoms with Gasteiger partial charge in [0, 0.05) is 11.5 Å². The van der Waals surface area contributed by atoms with Crippen LogP contribution in [0.3, 0.4) is 0 Å². The summed E-state index contributed by atoms with van der Waals surface area (Å²) in [7, 11) is 0. The topological polar surface area (TPSA) is 26.0 Å². The van der Waals surface area contributed by atoms with E-state index in [1.54, 1.807) is 0 Å². The van der Waals surface area contributed by atoms with Gasteiger partial charge in [-0.1, -0.05) is 73.8 Å². The second-order valence-electron chi connectivity index (χ2n) is 6.03. The van der Waals surface area contributed by atoms with Gasteiger partial charge in [-0.25, -0.2) is 0 Å². The van der Waals surface area contributed by atoms with E-state index < -0.39 is 0 Å². The van der Waals surface area contributed by atoms with Crippen LogP contribution < -0.4 is 5.73 Å². The van der Waals surface area contributed by atoms with Gasteiger partial charge in [-0.05, 0) is 46.2 Å². The monoisotopic (exact) mass is 369 g/mol. The Balaban J connectivity index is 1.72. The highest BCUT2D eigenvalue weighted by molar-refractivity contribution is 7.99. The number of hydrogen-bond acceptors (Lipinski definition) is 3. The lowest BCUT2D eigenvalue weighted by Crippen LogP contribution is -2.19. The fraction of sp³-hybridized carbons (Fsp3) is 0.273. The lowest BCUT2D eigenvalue weighted by molar-refractivity contribution is 0.686. The minimum Gasteiger partial charge on any atom is -0.330 e. The van der Waals surface area contributed by atoms with E-state index in [0.29, 0.717) is 5.92 Å². The zero-order valence-electron chi connectivity index (χ0n) is 14.7. The van der Waals surface area contributed by atoms with E-state index in [2.05, 4.69) is 61.7 Å². The predicted molar refractivity (Wildman–Crippen MR) is 118 cm³/mol. The minimum atomic E-state index is 0.556. The second kappa shape index (κ2) is 11.2. The predicted octanol–water partition coefficient (Wildman–Crippen LogP) is 5.71. The Bertz CT molecular complexity index is 624. The molecule has 0 aliphatic carbocycles. The molecular weight excluding hydrogens is 342 g/mol. The van der Waals surface area contributed by atoms with Crippen LogP contribution >= 0.6 is 23.5 Å². The van der Waals surface area contributed by atoms with E-state index in [0.717, 1.165) is 29.6 Å². The molecule has 132 valence electrons. The van der Waals surface area contributed by atoms with Crippen molar-refractivity contribution in [2.75, 3.05) is 18.1 Å². The Labute approximate surface area is 160 Å². The minimum absolute atomic E-state index is 0.556. The largest absolute Gasteiger partial charge is 0.330 e. The molecule has 1 nitrogen and oxygen atoms in total. The normalized spacial score (nSPS) is 10.8. The Hall–Kier alpha value is -1.42. The van der Waals surface area contributed by atoms with Gasteiger partial charge < -0.3 is 5.73 Å². The molecule has 2 rings (SSSR count). The summed E-state index contributed by atoms with van der Waals surface area (Å²) in [5, 5.41) is 0. The van der Waals surface area contributed by atoms with Crippen LogP contribution in [0.2, 0.25) is 0 Å². The first-order valence-electron chi connectivity index (χ1n) is 8.53.